The number of thioether (sulfide) groups is 1. The molecule has 0 aliphatic heterocycles. The van der Waals surface area contributed by atoms with Crippen molar-refractivity contribution in [2.24, 2.45) is 0 Å². The number of benzene rings is 1. The maximum Gasteiger partial charge on any atom is 0.237 e. The summed E-state index contributed by atoms with van der Waals surface area (Å²) in [5.41, 5.74) is 4.09. The molecule has 3 aromatic rings. The fourth-order valence-corrected chi connectivity index (χ4v) is 3.20. The quantitative estimate of drug-likeness (QED) is 0.736. The molecule has 2 aromatic heterocycles. The number of imidazole rings is 1. The average molecular weight is 325 g/mol. The van der Waals surface area contributed by atoms with Crippen LogP contribution in [0.3, 0.4) is 0 Å². The smallest absolute Gasteiger partial charge is 0.237 e. The van der Waals surface area contributed by atoms with E-state index in [2.05, 4.69) is 10.3 Å². The number of nitrogens with zero attached hydrogens (tertiary/aromatic N) is 2. The Balaban J connectivity index is 1.74. The minimum absolute atomic E-state index is 0.0172. The lowest BCUT2D eigenvalue weighted by atomic mass is 10.1. The van der Waals surface area contributed by atoms with Crippen LogP contribution in [-0.2, 0) is 4.79 Å². The van der Waals surface area contributed by atoms with Crippen LogP contribution in [0.1, 0.15) is 18.1 Å². The zero-order chi connectivity index (χ0) is 16.4. The number of rotatable bonds is 4. The van der Waals surface area contributed by atoms with E-state index >= 15 is 0 Å². The molecular weight excluding hydrogens is 306 g/mol. The molecule has 118 valence electrons. The van der Waals surface area contributed by atoms with Crippen LogP contribution in [0.2, 0.25) is 0 Å². The molecule has 1 N–H and O–H groups in total. The van der Waals surface area contributed by atoms with Crippen molar-refractivity contribution in [2.45, 2.75) is 31.2 Å². The Morgan fingerprint density at radius 2 is 2.09 bits per heavy atom. The molecule has 3 rings (SSSR count). The second kappa shape index (κ2) is 6.46. The summed E-state index contributed by atoms with van der Waals surface area (Å²) < 4.78 is 1.99. The molecule has 1 aromatic carbocycles. The molecule has 0 saturated carbocycles. The largest absolute Gasteiger partial charge is 0.325 e. The molecule has 2 heterocycles. The lowest BCUT2D eigenvalue weighted by Crippen LogP contribution is -2.23. The molecule has 0 bridgehead atoms. The van der Waals surface area contributed by atoms with E-state index in [1.807, 2.05) is 74.0 Å². The van der Waals surface area contributed by atoms with Crippen LogP contribution in [0.15, 0.2) is 53.9 Å². The van der Waals surface area contributed by atoms with Gasteiger partial charge in [0, 0.05) is 11.9 Å². The van der Waals surface area contributed by atoms with Gasteiger partial charge in [-0.05, 0) is 50.1 Å². The maximum atomic E-state index is 12.5. The standard InChI is InChI=1S/C18H19N3OS/c1-12-7-8-13(2)16(10-12)20-17(22)14(3)23-18-19-11-15-6-4-5-9-21(15)18/h4-11,14H,1-3H3,(H,20,22). The fraction of sp³-hybridized carbons (Fsp3) is 0.222. The summed E-state index contributed by atoms with van der Waals surface area (Å²) in [6, 6.07) is 12.0. The van der Waals surface area contributed by atoms with Crippen molar-refractivity contribution < 1.29 is 4.79 Å². The van der Waals surface area contributed by atoms with Crippen molar-refractivity contribution in [1.29, 1.82) is 0 Å². The van der Waals surface area contributed by atoms with Gasteiger partial charge in [0.2, 0.25) is 5.91 Å². The van der Waals surface area contributed by atoms with Crippen LogP contribution < -0.4 is 5.32 Å². The van der Waals surface area contributed by atoms with Gasteiger partial charge in [0.25, 0.3) is 0 Å². The average Bonchev–Trinajstić information content (AvgIpc) is 2.94. The van der Waals surface area contributed by atoms with Crippen molar-refractivity contribution in [1.82, 2.24) is 9.38 Å². The van der Waals surface area contributed by atoms with Crippen LogP contribution in [0.25, 0.3) is 5.52 Å². The lowest BCUT2D eigenvalue weighted by molar-refractivity contribution is -0.115. The van der Waals surface area contributed by atoms with Crippen molar-refractivity contribution in [3.05, 3.63) is 59.9 Å². The Labute approximate surface area is 139 Å². The molecule has 23 heavy (non-hydrogen) atoms. The lowest BCUT2D eigenvalue weighted by Gasteiger charge is -2.13. The van der Waals surface area contributed by atoms with Gasteiger partial charge in [-0.1, -0.05) is 30.0 Å². The van der Waals surface area contributed by atoms with Gasteiger partial charge in [-0.15, -0.1) is 0 Å². The van der Waals surface area contributed by atoms with Crippen LogP contribution in [0.4, 0.5) is 5.69 Å². The second-order valence-corrected chi connectivity index (χ2v) is 6.91. The Hall–Kier alpha value is -2.27. The maximum absolute atomic E-state index is 12.5. The van der Waals surface area contributed by atoms with Gasteiger partial charge in [0.1, 0.15) is 0 Å². The number of nitrogens with one attached hydrogen (secondary N) is 1. The fourth-order valence-electron chi connectivity index (χ4n) is 2.32. The predicted octanol–water partition coefficient (Wildman–Crippen LogP) is 4.07. The minimum atomic E-state index is -0.235. The highest BCUT2D eigenvalue weighted by Crippen LogP contribution is 2.25. The van der Waals surface area contributed by atoms with Gasteiger partial charge >= 0.3 is 0 Å². The normalized spacial score (nSPS) is 12.3. The molecule has 0 fully saturated rings. The second-order valence-electron chi connectivity index (χ2n) is 5.60. The molecule has 1 unspecified atom stereocenters. The Morgan fingerprint density at radius 1 is 1.26 bits per heavy atom. The Kier molecular flexibility index (Phi) is 4.39. The minimum Gasteiger partial charge on any atom is -0.325 e. The summed E-state index contributed by atoms with van der Waals surface area (Å²) in [7, 11) is 0. The van der Waals surface area contributed by atoms with Crippen LogP contribution >= 0.6 is 11.8 Å². The van der Waals surface area contributed by atoms with Crippen LogP contribution in [0, 0.1) is 13.8 Å². The Bertz CT molecular complexity index is 856. The third-order valence-corrected chi connectivity index (χ3v) is 4.79. The highest BCUT2D eigenvalue weighted by Gasteiger charge is 2.18. The van der Waals surface area contributed by atoms with E-state index < -0.39 is 0 Å². The van der Waals surface area contributed by atoms with Crippen LogP contribution in [-0.4, -0.2) is 20.5 Å². The van der Waals surface area contributed by atoms with E-state index in [-0.39, 0.29) is 11.2 Å². The van der Waals surface area contributed by atoms with E-state index in [4.69, 9.17) is 0 Å². The third kappa shape index (κ3) is 3.40. The number of pyridine rings is 1. The first-order chi connectivity index (χ1) is 11.0. The molecule has 1 amide bonds. The highest BCUT2D eigenvalue weighted by atomic mass is 32.2. The SMILES string of the molecule is Cc1ccc(C)c(NC(=O)C(C)Sc2ncc3ccccn23)c1. The zero-order valence-corrected chi connectivity index (χ0v) is 14.2. The van der Waals surface area contributed by atoms with E-state index in [1.165, 1.54) is 11.8 Å². The zero-order valence-electron chi connectivity index (χ0n) is 13.4. The molecule has 0 radical (unpaired) electrons. The predicted molar refractivity (Wildman–Crippen MR) is 95.1 cm³/mol. The van der Waals surface area contributed by atoms with Crippen molar-refractivity contribution in [2.75, 3.05) is 5.32 Å². The monoisotopic (exact) mass is 325 g/mol. The van der Waals surface area contributed by atoms with Gasteiger partial charge in [-0.25, -0.2) is 4.98 Å². The summed E-state index contributed by atoms with van der Waals surface area (Å²) >= 11 is 1.46. The number of carbonyl (C=O) groups is 1. The number of amides is 1. The molecule has 0 aliphatic carbocycles. The molecule has 5 heteroatoms. The number of hydrogen-bond acceptors (Lipinski definition) is 3. The summed E-state index contributed by atoms with van der Waals surface area (Å²) in [5.74, 6) is -0.0172. The highest BCUT2D eigenvalue weighted by molar-refractivity contribution is 8.00. The van der Waals surface area contributed by atoms with Crippen LogP contribution in [0.5, 0.6) is 0 Å². The Morgan fingerprint density at radius 3 is 2.91 bits per heavy atom. The molecule has 0 saturated heterocycles. The van der Waals surface area contributed by atoms with Gasteiger partial charge in [0.15, 0.2) is 5.16 Å². The molecule has 4 nitrogen and oxygen atoms in total. The molecule has 0 spiro atoms. The summed E-state index contributed by atoms with van der Waals surface area (Å²) in [6.45, 7) is 5.91. The first-order valence-electron chi connectivity index (χ1n) is 7.51. The van der Waals surface area contributed by atoms with E-state index in [0.29, 0.717) is 0 Å². The van der Waals surface area contributed by atoms with Gasteiger partial charge in [0.05, 0.1) is 17.0 Å². The van der Waals surface area contributed by atoms with Crippen molar-refractivity contribution in [3.8, 4) is 0 Å². The van der Waals surface area contributed by atoms with E-state index in [9.17, 15) is 4.79 Å². The van der Waals surface area contributed by atoms with E-state index in [1.54, 1.807) is 0 Å². The first kappa shape index (κ1) is 15.6. The molecule has 1 atom stereocenters. The number of fused-ring (bicyclic) bond motifs is 1. The number of hydrogen-bond donors (Lipinski definition) is 1. The number of anilines is 1. The summed E-state index contributed by atoms with van der Waals surface area (Å²) in [6.07, 6.45) is 3.78. The number of aryl methyl sites for hydroxylation is 2. The van der Waals surface area contributed by atoms with Gasteiger partial charge in [-0.2, -0.15) is 0 Å². The summed E-state index contributed by atoms with van der Waals surface area (Å²) in [5, 5.41) is 3.60. The van der Waals surface area contributed by atoms with Gasteiger partial charge in [-0.3, -0.25) is 9.20 Å². The number of carbonyl (C=O) groups excluding carboxylic acids is 1. The van der Waals surface area contributed by atoms with Crippen molar-refractivity contribution >= 4 is 28.9 Å². The molecular formula is C18H19N3OS. The van der Waals surface area contributed by atoms with Gasteiger partial charge < -0.3 is 5.32 Å². The van der Waals surface area contributed by atoms with E-state index in [0.717, 1.165) is 27.5 Å². The topological polar surface area (TPSA) is 46.4 Å². The van der Waals surface area contributed by atoms with Crippen molar-refractivity contribution in [3.63, 3.8) is 0 Å². The molecule has 0 aliphatic rings. The summed E-state index contributed by atoms with van der Waals surface area (Å²) in [4.78, 5) is 16.9. The third-order valence-electron chi connectivity index (χ3n) is 3.71. The first-order valence-corrected chi connectivity index (χ1v) is 8.39. The number of aromatic nitrogens is 2.